The minimum atomic E-state index is 0.853. The van der Waals surface area contributed by atoms with Crippen LogP contribution < -0.4 is 4.90 Å². The molecule has 3 heteroatoms. The highest BCUT2D eigenvalue weighted by molar-refractivity contribution is 6.08. The van der Waals surface area contributed by atoms with E-state index in [1.807, 2.05) is 24.3 Å². The molecule has 2 aromatic heterocycles. The van der Waals surface area contributed by atoms with Gasteiger partial charge >= 0.3 is 0 Å². The highest BCUT2D eigenvalue weighted by Gasteiger charge is 2.20. The molecule has 0 spiro atoms. The molecule has 0 atom stereocenters. The lowest BCUT2D eigenvalue weighted by atomic mass is 9.95. The molecule has 0 unspecified atom stereocenters. The SMILES string of the molecule is c1cc(-c2ccc(N(c3ccc4c(c3)oc3ccccc34)c3ccccc3-c3ccc4c(c3)oc3ccccc34)cc2)cc(-c2cccc3ccccc23)c1. The van der Waals surface area contributed by atoms with Crippen LogP contribution in [0.1, 0.15) is 0 Å². The van der Waals surface area contributed by atoms with Gasteiger partial charge in [0.25, 0.3) is 0 Å². The van der Waals surface area contributed by atoms with E-state index in [4.69, 9.17) is 8.83 Å². The van der Waals surface area contributed by atoms with Gasteiger partial charge in [-0.25, -0.2) is 0 Å². The molecule has 0 aliphatic carbocycles. The van der Waals surface area contributed by atoms with Gasteiger partial charge in [-0.05, 0) is 99.3 Å². The predicted molar refractivity (Wildman–Crippen MR) is 229 cm³/mol. The lowest BCUT2D eigenvalue weighted by molar-refractivity contribution is 0.668. The van der Waals surface area contributed by atoms with Crippen LogP contribution in [0.15, 0.2) is 209 Å². The van der Waals surface area contributed by atoms with Crippen molar-refractivity contribution in [3.05, 3.63) is 200 Å². The van der Waals surface area contributed by atoms with Crippen molar-refractivity contribution in [3.63, 3.8) is 0 Å². The van der Waals surface area contributed by atoms with Crippen molar-refractivity contribution in [2.75, 3.05) is 4.90 Å². The van der Waals surface area contributed by atoms with E-state index in [0.717, 1.165) is 77.6 Å². The third-order valence-corrected chi connectivity index (χ3v) is 10.9. The third kappa shape index (κ3) is 5.28. The second kappa shape index (κ2) is 12.6. The molecule has 258 valence electrons. The molecule has 0 aliphatic rings. The molecule has 9 aromatic carbocycles. The molecule has 0 bridgehead atoms. The van der Waals surface area contributed by atoms with Crippen LogP contribution in [-0.4, -0.2) is 0 Å². The number of para-hydroxylation sites is 3. The molecule has 3 nitrogen and oxygen atoms in total. The molecular weight excluding hydrogens is 671 g/mol. The van der Waals surface area contributed by atoms with Crippen molar-refractivity contribution in [1.82, 2.24) is 0 Å². The van der Waals surface area contributed by atoms with Gasteiger partial charge in [0, 0.05) is 44.5 Å². The zero-order valence-corrected chi connectivity index (χ0v) is 29.8. The Hall–Kier alpha value is -7.36. The summed E-state index contributed by atoms with van der Waals surface area (Å²) in [4.78, 5) is 2.33. The average molecular weight is 704 g/mol. The average Bonchev–Trinajstić information content (AvgIpc) is 3.82. The van der Waals surface area contributed by atoms with E-state index < -0.39 is 0 Å². The predicted octanol–water partition coefficient (Wildman–Crippen LogP) is 15.1. The number of hydrogen-bond donors (Lipinski definition) is 0. The Morgan fingerprint density at radius 2 is 0.818 bits per heavy atom. The van der Waals surface area contributed by atoms with Crippen molar-refractivity contribution in [1.29, 1.82) is 0 Å². The highest BCUT2D eigenvalue weighted by atomic mass is 16.3. The fourth-order valence-electron chi connectivity index (χ4n) is 8.23. The van der Waals surface area contributed by atoms with Gasteiger partial charge in [-0.3, -0.25) is 0 Å². The molecule has 0 saturated carbocycles. The van der Waals surface area contributed by atoms with Gasteiger partial charge in [-0.1, -0.05) is 133 Å². The maximum atomic E-state index is 6.42. The van der Waals surface area contributed by atoms with E-state index in [9.17, 15) is 0 Å². The molecule has 11 rings (SSSR count). The zero-order valence-electron chi connectivity index (χ0n) is 29.8. The Bertz CT molecular complexity index is 3220. The minimum absolute atomic E-state index is 0.853. The summed E-state index contributed by atoms with van der Waals surface area (Å²) in [6, 6.07) is 71.0. The Kier molecular flexibility index (Phi) is 7.17. The van der Waals surface area contributed by atoms with Crippen molar-refractivity contribution in [3.8, 4) is 33.4 Å². The van der Waals surface area contributed by atoms with E-state index >= 15 is 0 Å². The van der Waals surface area contributed by atoms with Crippen LogP contribution in [0.4, 0.5) is 17.1 Å². The maximum Gasteiger partial charge on any atom is 0.137 e. The first-order valence-electron chi connectivity index (χ1n) is 18.7. The lowest BCUT2D eigenvalue weighted by Gasteiger charge is -2.28. The fraction of sp³-hybridized carbons (Fsp3) is 0. The van der Waals surface area contributed by atoms with Crippen LogP contribution in [0.5, 0.6) is 0 Å². The number of nitrogens with zero attached hydrogens (tertiary/aromatic N) is 1. The summed E-state index contributed by atoms with van der Waals surface area (Å²) < 4.78 is 12.8. The number of hydrogen-bond acceptors (Lipinski definition) is 3. The standard InChI is InChI=1S/C52H33NO2/c1-2-15-41-35(11-1)12-10-19-42(41)37-14-9-13-36(31-37)34-23-26-39(27-24-34)53(40-28-30-47-45-18-5-8-22-50(45)55-52(47)33-40)48-20-6-3-16-43(48)38-25-29-46-44-17-4-7-21-49(44)54-51(46)32-38/h1-33H. The molecule has 0 saturated heterocycles. The smallest absolute Gasteiger partial charge is 0.137 e. The molecule has 2 heterocycles. The Labute approximate surface area is 317 Å². The quantitative estimate of drug-likeness (QED) is 0.173. The molecular formula is C52H33NO2. The first kappa shape index (κ1) is 31.2. The largest absolute Gasteiger partial charge is 0.456 e. The minimum Gasteiger partial charge on any atom is -0.456 e. The summed E-state index contributed by atoms with van der Waals surface area (Å²) >= 11 is 0. The Morgan fingerprint density at radius 1 is 0.291 bits per heavy atom. The van der Waals surface area contributed by atoms with Crippen LogP contribution in [0.3, 0.4) is 0 Å². The van der Waals surface area contributed by atoms with Crippen LogP contribution in [-0.2, 0) is 0 Å². The highest BCUT2D eigenvalue weighted by Crippen LogP contribution is 2.44. The van der Waals surface area contributed by atoms with Crippen molar-refractivity contribution < 1.29 is 8.83 Å². The van der Waals surface area contributed by atoms with E-state index in [1.54, 1.807) is 0 Å². The van der Waals surface area contributed by atoms with E-state index in [2.05, 4.69) is 181 Å². The Morgan fingerprint density at radius 3 is 1.62 bits per heavy atom. The summed E-state index contributed by atoms with van der Waals surface area (Å²) in [6.45, 7) is 0. The third-order valence-electron chi connectivity index (χ3n) is 10.9. The monoisotopic (exact) mass is 703 g/mol. The first-order chi connectivity index (χ1) is 27.2. The van der Waals surface area contributed by atoms with Crippen molar-refractivity contribution >= 4 is 71.7 Å². The molecule has 0 N–H and O–H groups in total. The van der Waals surface area contributed by atoms with Crippen molar-refractivity contribution in [2.45, 2.75) is 0 Å². The van der Waals surface area contributed by atoms with Gasteiger partial charge in [-0.2, -0.15) is 0 Å². The van der Waals surface area contributed by atoms with Crippen molar-refractivity contribution in [2.24, 2.45) is 0 Å². The van der Waals surface area contributed by atoms with Gasteiger partial charge in [0.1, 0.15) is 22.3 Å². The molecule has 55 heavy (non-hydrogen) atoms. The summed E-state index contributed by atoms with van der Waals surface area (Å²) in [5.41, 5.74) is 13.6. The second-order valence-electron chi connectivity index (χ2n) is 14.1. The second-order valence-corrected chi connectivity index (χ2v) is 14.1. The maximum absolute atomic E-state index is 6.42. The van der Waals surface area contributed by atoms with Crippen LogP contribution in [0.2, 0.25) is 0 Å². The fourth-order valence-corrected chi connectivity index (χ4v) is 8.23. The zero-order chi connectivity index (χ0) is 36.3. The summed E-state index contributed by atoms with van der Waals surface area (Å²) in [5.74, 6) is 0. The molecule has 0 aliphatic heterocycles. The molecule has 0 radical (unpaired) electrons. The van der Waals surface area contributed by atoms with Crippen LogP contribution in [0, 0.1) is 0 Å². The van der Waals surface area contributed by atoms with E-state index in [1.165, 1.54) is 27.5 Å². The van der Waals surface area contributed by atoms with Gasteiger partial charge in [0.05, 0.1) is 5.69 Å². The topological polar surface area (TPSA) is 29.5 Å². The number of benzene rings is 9. The molecule has 0 amide bonds. The molecule has 0 fully saturated rings. The summed E-state index contributed by atoms with van der Waals surface area (Å²) in [5, 5.41) is 6.96. The summed E-state index contributed by atoms with van der Waals surface area (Å²) in [7, 11) is 0. The first-order valence-corrected chi connectivity index (χ1v) is 18.7. The van der Waals surface area contributed by atoms with E-state index in [-0.39, 0.29) is 0 Å². The van der Waals surface area contributed by atoms with Crippen LogP contribution >= 0.6 is 0 Å². The molecule has 11 aromatic rings. The van der Waals surface area contributed by atoms with Gasteiger partial charge in [-0.15, -0.1) is 0 Å². The van der Waals surface area contributed by atoms with Gasteiger partial charge in [0.2, 0.25) is 0 Å². The number of furan rings is 2. The normalized spacial score (nSPS) is 11.6. The van der Waals surface area contributed by atoms with Gasteiger partial charge < -0.3 is 13.7 Å². The number of fused-ring (bicyclic) bond motifs is 7. The van der Waals surface area contributed by atoms with E-state index in [0.29, 0.717) is 0 Å². The number of anilines is 3. The summed E-state index contributed by atoms with van der Waals surface area (Å²) in [6.07, 6.45) is 0. The lowest BCUT2D eigenvalue weighted by Crippen LogP contribution is -2.11. The number of rotatable bonds is 6. The van der Waals surface area contributed by atoms with Crippen LogP contribution in [0.25, 0.3) is 88.0 Å². The van der Waals surface area contributed by atoms with Gasteiger partial charge in [0.15, 0.2) is 0 Å². The Balaban J connectivity index is 1.04.